The lowest BCUT2D eigenvalue weighted by atomic mass is 10.0. The quantitative estimate of drug-likeness (QED) is 0.203. The molecule has 188 valence electrons. The average molecular weight is 505 g/mol. The summed E-state index contributed by atoms with van der Waals surface area (Å²) in [6, 6.07) is 49.2. The number of nitrogens with two attached hydrogens (primary N) is 1. The van der Waals surface area contributed by atoms with Crippen molar-refractivity contribution in [3.8, 4) is 33.5 Å². The van der Waals surface area contributed by atoms with Crippen LogP contribution >= 0.6 is 0 Å². The standard InChI is InChI=1S/C35H28N4/c36-30-24-33(27-18-8-3-9-19-27)39-35(38-32-23-13-11-21-29(32)26-16-6-2-7-17-26)34(30)37-31-22-12-10-20-28(31)25-14-4-1-5-15-25/h1-24,37H,(H3,36,38,39). The van der Waals surface area contributed by atoms with Gasteiger partial charge in [-0.15, -0.1) is 0 Å². The highest BCUT2D eigenvalue weighted by molar-refractivity contribution is 5.93. The number of aromatic nitrogens is 1. The minimum Gasteiger partial charge on any atom is -0.397 e. The van der Waals surface area contributed by atoms with E-state index in [0.717, 1.165) is 50.6 Å². The molecule has 0 atom stereocenters. The number of anilines is 5. The summed E-state index contributed by atoms with van der Waals surface area (Å²) in [6.45, 7) is 0. The summed E-state index contributed by atoms with van der Waals surface area (Å²) in [6.07, 6.45) is 0. The average Bonchev–Trinajstić information content (AvgIpc) is 3.00. The maximum atomic E-state index is 6.76. The van der Waals surface area contributed by atoms with Crippen molar-refractivity contribution in [3.63, 3.8) is 0 Å². The Morgan fingerprint density at radius 2 is 0.897 bits per heavy atom. The first-order valence-corrected chi connectivity index (χ1v) is 12.9. The van der Waals surface area contributed by atoms with E-state index in [0.29, 0.717) is 11.5 Å². The van der Waals surface area contributed by atoms with Crippen molar-refractivity contribution in [1.29, 1.82) is 0 Å². The van der Waals surface area contributed by atoms with Crippen LogP contribution < -0.4 is 16.4 Å². The second-order valence-electron chi connectivity index (χ2n) is 9.26. The number of hydrogen-bond acceptors (Lipinski definition) is 4. The van der Waals surface area contributed by atoms with E-state index in [1.165, 1.54) is 0 Å². The number of rotatable bonds is 7. The van der Waals surface area contributed by atoms with Crippen LogP contribution in [0.2, 0.25) is 0 Å². The normalized spacial score (nSPS) is 10.7. The van der Waals surface area contributed by atoms with Gasteiger partial charge in [-0.1, -0.05) is 127 Å². The van der Waals surface area contributed by atoms with E-state index in [1.807, 2.05) is 97.1 Å². The molecule has 6 aromatic rings. The van der Waals surface area contributed by atoms with Crippen molar-refractivity contribution in [2.24, 2.45) is 0 Å². The molecule has 0 bridgehead atoms. The first kappa shape index (κ1) is 24.0. The van der Waals surface area contributed by atoms with Gasteiger partial charge in [0.25, 0.3) is 0 Å². The molecule has 5 aromatic carbocycles. The fourth-order valence-electron chi connectivity index (χ4n) is 4.73. The van der Waals surface area contributed by atoms with Gasteiger partial charge in [0, 0.05) is 28.1 Å². The highest BCUT2D eigenvalue weighted by Gasteiger charge is 2.16. The number of hydrogen-bond donors (Lipinski definition) is 3. The Bertz CT molecular complexity index is 1700. The predicted octanol–water partition coefficient (Wildman–Crippen LogP) is 9.15. The van der Waals surface area contributed by atoms with E-state index < -0.39 is 0 Å². The molecule has 0 aliphatic carbocycles. The molecule has 1 heterocycles. The van der Waals surface area contributed by atoms with E-state index in [2.05, 4.69) is 59.2 Å². The molecule has 4 heteroatoms. The monoisotopic (exact) mass is 504 g/mol. The predicted molar refractivity (Wildman–Crippen MR) is 164 cm³/mol. The number of nitrogen functional groups attached to an aromatic ring is 1. The Kier molecular flexibility index (Phi) is 6.74. The first-order valence-electron chi connectivity index (χ1n) is 12.9. The van der Waals surface area contributed by atoms with Crippen LogP contribution in [0.4, 0.5) is 28.6 Å². The number of nitrogens with zero attached hydrogens (tertiary/aromatic N) is 1. The van der Waals surface area contributed by atoms with E-state index in [-0.39, 0.29) is 0 Å². The molecule has 6 rings (SSSR count). The van der Waals surface area contributed by atoms with Crippen molar-refractivity contribution in [3.05, 3.63) is 146 Å². The molecule has 0 radical (unpaired) electrons. The molecule has 1 aromatic heterocycles. The van der Waals surface area contributed by atoms with Gasteiger partial charge in [0.05, 0.1) is 11.4 Å². The van der Waals surface area contributed by atoms with E-state index in [1.54, 1.807) is 0 Å². The summed E-state index contributed by atoms with van der Waals surface area (Å²) in [5.41, 5.74) is 16.2. The van der Waals surface area contributed by atoms with Gasteiger partial charge in [-0.2, -0.15) is 0 Å². The van der Waals surface area contributed by atoms with Crippen LogP contribution in [0.25, 0.3) is 33.5 Å². The molecular formula is C35H28N4. The summed E-state index contributed by atoms with van der Waals surface area (Å²) < 4.78 is 0. The fourth-order valence-corrected chi connectivity index (χ4v) is 4.73. The Labute approximate surface area is 228 Å². The zero-order chi connectivity index (χ0) is 26.4. The van der Waals surface area contributed by atoms with Gasteiger partial charge in [0.1, 0.15) is 5.69 Å². The highest BCUT2D eigenvalue weighted by atomic mass is 15.1. The molecule has 0 unspecified atom stereocenters. The molecule has 0 amide bonds. The van der Waals surface area contributed by atoms with Crippen molar-refractivity contribution in [2.75, 3.05) is 16.4 Å². The minimum absolute atomic E-state index is 0.603. The highest BCUT2D eigenvalue weighted by Crippen LogP contribution is 2.39. The lowest BCUT2D eigenvalue weighted by Gasteiger charge is -2.20. The molecular weight excluding hydrogens is 476 g/mol. The van der Waals surface area contributed by atoms with Crippen molar-refractivity contribution in [2.45, 2.75) is 0 Å². The van der Waals surface area contributed by atoms with Crippen molar-refractivity contribution >= 4 is 28.6 Å². The Morgan fingerprint density at radius 3 is 1.44 bits per heavy atom. The third-order valence-electron chi connectivity index (χ3n) is 6.66. The SMILES string of the molecule is Nc1cc(-c2ccccc2)nc(Nc2ccccc2-c2ccccc2)c1Nc1ccccc1-c1ccccc1. The molecule has 0 aliphatic rings. The smallest absolute Gasteiger partial charge is 0.157 e. The summed E-state index contributed by atoms with van der Waals surface area (Å²) in [5, 5.41) is 7.23. The number of benzene rings is 5. The van der Waals surface area contributed by atoms with Gasteiger partial charge in [0.2, 0.25) is 0 Å². The molecule has 4 nitrogen and oxygen atoms in total. The summed E-state index contributed by atoms with van der Waals surface area (Å²) in [4.78, 5) is 5.08. The van der Waals surface area contributed by atoms with E-state index >= 15 is 0 Å². The molecule has 4 N–H and O–H groups in total. The first-order chi connectivity index (χ1) is 19.3. The van der Waals surface area contributed by atoms with Crippen LogP contribution in [0.1, 0.15) is 0 Å². The zero-order valence-electron chi connectivity index (χ0n) is 21.4. The fraction of sp³-hybridized carbons (Fsp3) is 0. The van der Waals surface area contributed by atoms with Gasteiger partial charge >= 0.3 is 0 Å². The van der Waals surface area contributed by atoms with Crippen LogP contribution in [0, 0.1) is 0 Å². The van der Waals surface area contributed by atoms with Crippen LogP contribution in [-0.4, -0.2) is 4.98 Å². The molecule has 0 saturated carbocycles. The maximum Gasteiger partial charge on any atom is 0.157 e. The van der Waals surface area contributed by atoms with Crippen LogP contribution in [0.15, 0.2) is 146 Å². The second-order valence-corrected chi connectivity index (χ2v) is 9.26. The lowest BCUT2D eigenvalue weighted by molar-refractivity contribution is 1.30. The Hall–Kier alpha value is -5.35. The van der Waals surface area contributed by atoms with Gasteiger partial charge in [-0.3, -0.25) is 0 Å². The van der Waals surface area contributed by atoms with Gasteiger partial charge in [-0.05, 0) is 29.3 Å². The lowest BCUT2D eigenvalue weighted by Crippen LogP contribution is -2.06. The molecule has 39 heavy (non-hydrogen) atoms. The van der Waals surface area contributed by atoms with E-state index in [4.69, 9.17) is 10.7 Å². The third-order valence-corrected chi connectivity index (χ3v) is 6.66. The molecule has 0 aliphatic heterocycles. The molecule has 0 saturated heterocycles. The number of para-hydroxylation sites is 2. The van der Waals surface area contributed by atoms with Gasteiger partial charge in [0.15, 0.2) is 5.82 Å². The van der Waals surface area contributed by atoms with Crippen molar-refractivity contribution in [1.82, 2.24) is 4.98 Å². The van der Waals surface area contributed by atoms with E-state index in [9.17, 15) is 0 Å². The second kappa shape index (κ2) is 11.0. The zero-order valence-corrected chi connectivity index (χ0v) is 21.4. The van der Waals surface area contributed by atoms with Gasteiger partial charge in [-0.25, -0.2) is 4.98 Å². The number of nitrogens with one attached hydrogen (secondary N) is 2. The van der Waals surface area contributed by atoms with Crippen LogP contribution in [-0.2, 0) is 0 Å². The molecule has 0 fully saturated rings. The third kappa shape index (κ3) is 5.22. The maximum absolute atomic E-state index is 6.76. The Morgan fingerprint density at radius 1 is 0.462 bits per heavy atom. The molecule has 0 spiro atoms. The van der Waals surface area contributed by atoms with Crippen molar-refractivity contribution < 1.29 is 0 Å². The number of pyridine rings is 1. The van der Waals surface area contributed by atoms with Gasteiger partial charge < -0.3 is 16.4 Å². The summed E-state index contributed by atoms with van der Waals surface area (Å²) >= 11 is 0. The minimum atomic E-state index is 0.603. The Balaban J connectivity index is 1.47. The topological polar surface area (TPSA) is 63.0 Å². The largest absolute Gasteiger partial charge is 0.397 e. The van der Waals surface area contributed by atoms with Crippen LogP contribution in [0.3, 0.4) is 0 Å². The summed E-state index contributed by atoms with van der Waals surface area (Å²) in [5.74, 6) is 0.653. The summed E-state index contributed by atoms with van der Waals surface area (Å²) in [7, 11) is 0. The van der Waals surface area contributed by atoms with Crippen LogP contribution in [0.5, 0.6) is 0 Å².